The quantitative estimate of drug-likeness (QED) is 0.416. The molecule has 0 spiro atoms. The van der Waals surface area contributed by atoms with Gasteiger partial charge in [-0.3, -0.25) is 4.90 Å². The molecule has 0 saturated carbocycles. The highest BCUT2D eigenvalue weighted by molar-refractivity contribution is 6.32. The summed E-state index contributed by atoms with van der Waals surface area (Å²) in [5.74, 6) is 0. The van der Waals surface area contributed by atoms with Gasteiger partial charge in [0.2, 0.25) is 0 Å². The van der Waals surface area contributed by atoms with E-state index in [9.17, 15) is 4.79 Å². The van der Waals surface area contributed by atoms with Crippen LogP contribution in [0.4, 0.5) is 0 Å². The molecule has 0 radical (unpaired) electrons. The minimum Gasteiger partial charge on any atom is -0.423 e. The number of nitrogens with zero attached hydrogens (tertiary/aromatic N) is 3. The molecule has 0 N–H and O–H groups in total. The Kier molecular flexibility index (Phi) is 5.50. The predicted molar refractivity (Wildman–Crippen MR) is 120 cm³/mol. The predicted octanol–water partition coefficient (Wildman–Crippen LogP) is 5.19. The zero-order valence-electron chi connectivity index (χ0n) is 17.6. The van der Waals surface area contributed by atoms with Crippen LogP contribution in [0.1, 0.15) is 28.1 Å². The Morgan fingerprint density at radius 2 is 1.80 bits per heavy atom. The molecule has 0 saturated heterocycles. The van der Waals surface area contributed by atoms with E-state index < -0.39 is 0 Å². The number of aryl methyl sites for hydroxylation is 2. The monoisotopic (exact) mass is 421 g/mol. The lowest BCUT2D eigenvalue weighted by Gasteiger charge is -2.18. The number of fused-ring (bicyclic) bond motifs is 1. The Balaban J connectivity index is 1.64. The van der Waals surface area contributed by atoms with Crippen molar-refractivity contribution in [2.24, 2.45) is 0 Å². The van der Waals surface area contributed by atoms with Gasteiger partial charge in [-0.2, -0.15) is 5.10 Å². The molecule has 5 nitrogen and oxygen atoms in total. The second-order valence-electron chi connectivity index (χ2n) is 7.76. The molecule has 4 aromatic rings. The van der Waals surface area contributed by atoms with Gasteiger partial charge in [0.05, 0.1) is 11.4 Å². The van der Waals surface area contributed by atoms with Gasteiger partial charge in [0.1, 0.15) is 5.58 Å². The average Bonchev–Trinajstić information content (AvgIpc) is 2.98. The summed E-state index contributed by atoms with van der Waals surface area (Å²) in [4.78, 5) is 14.3. The summed E-state index contributed by atoms with van der Waals surface area (Å²) < 4.78 is 7.36. The first-order chi connectivity index (χ1) is 14.3. The molecule has 0 aliphatic rings. The summed E-state index contributed by atoms with van der Waals surface area (Å²) in [6.07, 6.45) is 0. The highest BCUT2D eigenvalue weighted by Crippen LogP contribution is 2.26. The standard InChI is InChI=1S/C24H24ClN3O2/c1-15-10-23-20(12-22(15)25)18(11-24(29)30-23)13-27(4)14-21-16(2)26-28(17(21)3)19-8-6-5-7-9-19/h5-12H,13-14H2,1-4H3. The molecule has 6 heteroatoms. The molecule has 0 atom stereocenters. The van der Waals surface area contributed by atoms with Crippen LogP contribution in [0, 0.1) is 20.8 Å². The Hall–Kier alpha value is -2.89. The molecule has 4 rings (SSSR count). The second-order valence-corrected chi connectivity index (χ2v) is 8.16. The molecule has 0 bridgehead atoms. The van der Waals surface area contributed by atoms with Crippen molar-refractivity contribution < 1.29 is 4.42 Å². The molecule has 0 fully saturated rings. The number of aromatic nitrogens is 2. The van der Waals surface area contributed by atoms with Gasteiger partial charge in [0.15, 0.2) is 0 Å². The first-order valence-electron chi connectivity index (χ1n) is 9.85. The van der Waals surface area contributed by atoms with E-state index >= 15 is 0 Å². The highest BCUT2D eigenvalue weighted by atomic mass is 35.5. The minimum absolute atomic E-state index is 0.350. The lowest BCUT2D eigenvalue weighted by Crippen LogP contribution is -2.19. The molecule has 0 unspecified atom stereocenters. The van der Waals surface area contributed by atoms with Gasteiger partial charge < -0.3 is 4.42 Å². The van der Waals surface area contributed by atoms with Crippen molar-refractivity contribution in [3.8, 4) is 5.69 Å². The van der Waals surface area contributed by atoms with Crippen molar-refractivity contribution in [1.82, 2.24) is 14.7 Å². The summed E-state index contributed by atoms with van der Waals surface area (Å²) in [6.45, 7) is 7.33. The molecular formula is C24H24ClN3O2. The lowest BCUT2D eigenvalue weighted by molar-refractivity contribution is 0.318. The Bertz CT molecular complexity index is 1280. The molecule has 30 heavy (non-hydrogen) atoms. The zero-order valence-corrected chi connectivity index (χ0v) is 18.3. The Morgan fingerprint density at radius 1 is 1.07 bits per heavy atom. The largest absolute Gasteiger partial charge is 0.423 e. The fourth-order valence-corrected chi connectivity index (χ4v) is 3.98. The third-order valence-corrected chi connectivity index (χ3v) is 5.83. The molecule has 2 heterocycles. The summed E-state index contributed by atoms with van der Waals surface area (Å²) in [7, 11) is 2.04. The fraction of sp³-hybridized carbons (Fsp3) is 0.250. The van der Waals surface area contributed by atoms with E-state index in [2.05, 4.69) is 11.8 Å². The first-order valence-corrected chi connectivity index (χ1v) is 10.2. The smallest absolute Gasteiger partial charge is 0.336 e. The van der Waals surface area contributed by atoms with Gasteiger partial charge in [-0.1, -0.05) is 29.8 Å². The van der Waals surface area contributed by atoms with Crippen LogP contribution in [0.15, 0.2) is 57.7 Å². The summed E-state index contributed by atoms with van der Waals surface area (Å²) in [5, 5.41) is 6.26. The minimum atomic E-state index is -0.350. The van der Waals surface area contributed by atoms with Gasteiger partial charge in [0, 0.05) is 40.8 Å². The molecule has 0 amide bonds. The van der Waals surface area contributed by atoms with E-state index in [1.807, 2.05) is 68.0 Å². The van der Waals surface area contributed by atoms with Crippen molar-refractivity contribution >= 4 is 22.6 Å². The number of para-hydroxylation sites is 1. The average molecular weight is 422 g/mol. The van der Waals surface area contributed by atoms with E-state index in [4.69, 9.17) is 21.1 Å². The molecular weight excluding hydrogens is 398 g/mol. The van der Waals surface area contributed by atoms with Gasteiger partial charge >= 0.3 is 5.63 Å². The van der Waals surface area contributed by atoms with E-state index in [1.54, 1.807) is 6.07 Å². The third-order valence-electron chi connectivity index (χ3n) is 5.42. The second kappa shape index (κ2) is 8.09. The van der Waals surface area contributed by atoms with Crippen LogP contribution in [0.5, 0.6) is 0 Å². The zero-order chi connectivity index (χ0) is 21.4. The summed E-state index contributed by atoms with van der Waals surface area (Å²) >= 11 is 6.32. The van der Waals surface area contributed by atoms with Crippen LogP contribution >= 0.6 is 11.6 Å². The number of rotatable bonds is 5. The van der Waals surface area contributed by atoms with Gasteiger partial charge in [-0.05, 0) is 63.2 Å². The maximum atomic E-state index is 12.1. The molecule has 2 aromatic heterocycles. The van der Waals surface area contributed by atoms with Crippen LogP contribution in [-0.2, 0) is 13.1 Å². The van der Waals surface area contributed by atoms with Gasteiger partial charge in [-0.25, -0.2) is 9.48 Å². The van der Waals surface area contributed by atoms with Crippen molar-refractivity contribution in [2.45, 2.75) is 33.9 Å². The maximum absolute atomic E-state index is 12.1. The SMILES string of the molecule is Cc1cc2oc(=O)cc(CN(C)Cc3c(C)nn(-c4ccccc4)c3C)c2cc1Cl. The number of hydrogen-bond donors (Lipinski definition) is 0. The molecule has 0 aliphatic heterocycles. The number of benzene rings is 2. The van der Waals surface area contributed by atoms with Gasteiger partial charge in [0.25, 0.3) is 0 Å². The highest BCUT2D eigenvalue weighted by Gasteiger charge is 2.16. The molecule has 0 aliphatic carbocycles. The summed E-state index contributed by atoms with van der Waals surface area (Å²) in [5.41, 5.74) is 6.34. The first kappa shape index (κ1) is 20.4. The normalized spacial score (nSPS) is 11.5. The van der Waals surface area contributed by atoms with Gasteiger partial charge in [-0.15, -0.1) is 0 Å². The number of hydrogen-bond acceptors (Lipinski definition) is 4. The molecule has 154 valence electrons. The van der Waals surface area contributed by atoms with Crippen LogP contribution < -0.4 is 5.63 Å². The van der Waals surface area contributed by atoms with E-state index in [0.29, 0.717) is 23.7 Å². The fourth-order valence-electron chi connectivity index (χ4n) is 3.82. The van der Waals surface area contributed by atoms with Crippen molar-refractivity contribution in [3.63, 3.8) is 0 Å². The van der Waals surface area contributed by atoms with Crippen LogP contribution in [0.25, 0.3) is 16.7 Å². The third kappa shape index (κ3) is 3.91. The lowest BCUT2D eigenvalue weighted by atomic mass is 10.1. The van der Waals surface area contributed by atoms with E-state index in [0.717, 1.165) is 33.6 Å². The maximum Gasteiger partial charge on any atom is 0.336 e. The Labute approximate surface area is 180 Å². The van der Waals surface area contributed by atoms with Crippen LogP contribution in [0.3, 0.4) is 0 Å². The number of halogens is 1. The van der Waals surface area contributed by atoms with Crippen LogP contribution in [-0.4, -0.2) is 21.7 Å². The Morgan fingerprint density at radius 3 is 2.53 bits per heavy atom. The molecule has 2 aromatic carbocycles. The van der Waals surface area contributed by atoms with E-state index in [1.165, 1.54) is 5.56 Å². The summed E-state index contributed by atoms with van der Waals surface area (Å²) in [6, 6.07) is 15.4. The topological polar surface area (TPSA) is 51.3 Å². The van der Waals surface area contributed by atoms with Crippen molar-refractivity contribution in [3.05, 3.63) is 92.1 Å². The van der Waals surface area contributed by atoms with Crippen molar-refractivity contribution in [2.75, 3.05) is 7.05 Å². The van der Waals surface area contributed by atoms with E-state index in [-0.39, 0.29) is 5.63 Å². The van der Waals surface area contributed by atoms with Crippen LogP contribution in [0.2, 0.25) is 5.02 Å². The van der Waals surface area contributed by atoms with Crippen molar-refractivity contribution in [1.29, 1.82) is 0 Å².